The Balaban J connectivity index is 0.000000337. The average molecular weight is 270 g/mol. The number of halogens is 1. The van der Waals surface area contributed by atoms with Gasteiger partial charge in [0.1, 0.15) is 0 Å². The van der Waals surface area contributed by atoms with E-state index in [1.165, 1.54) is 12.0 Å². The van der Waals surface area contributed by atoms with Crippen LogP contribution in [0.1, 0.15) is 38.3 Å². The summed E-state index contributed by atoms with van der Waals surface area (Å²) < 4.78 is 1.07. The molecule has 1 atom stereocenters. The van der Waals surface area contributed by atoms with Gasteiger partial charge in [0.25, 0.3) is 0 Å². The van der Waals surface area contributed by atoms with Crippen molar-refractivity contribution in [2.24, 2.45) is 0 Å². The van der Waals surface area contributed by atoms with E-state index in [-0.39, 0.29) is 11.9 Å². The van der Waals surface area contributed by atoms with E-state index >= 15 is 0 Å². The van der Waals surface area contributed by atoms with Gasteiger partial charge in [-0.25, -0.2) is 0 Å². The van der Waals surface area contributed by atoms with Crippen LogP contribution in [-0.2, 0) is 4.79 Å². The first-order valence-electron chi connectivity index (χ1n) is 5.22. The second-order valence-corrected chi connectivity index (χ2v) is 4.50. The van der Waals surface area contributed by atoms with Crippen LogP contribution in [0.25, 0.3) is 0 Å². The van der Waals surface area contributed by atoms with Crippen molar-refractivity contribution in [1.29, 1.82) is 0 Å². The van der Waals surface area contributed by atoms with Crippen molar-refractivity contribution in [3.05, 3.63) is 34.3 Å². The largest absolute Gasteiger partial charge is 0.349 e. The number of hydrogen-bond donors (Lipinski definition) is 1. The van der Waals surface area contributed by atoms with Gasteiger partial charge in [-0.15, -0.1) is 0 Å². The van der Waals surface area contributed by atoms with Gasteiger partial charge in [0.15, 0.2) is 0 Å². The normalized spacial score (nSPS) is 18.3. The standard InChI is InChI=1S/C9H8BrNO.C3H8/c10-7-3-1-6(2-4-7)8-5-9(12)11-8;1-3-2/h1-4,8H,5H2,(H,11,12);3H2,1-2H3. The van der Waals surface area contributed by atoms with Crippen LogP contribution in [0.5, 0.6) is 0 Å². The molecule has 0 spiro atoms. The molecule has 1 aliphatic heterocycles. The molecule has 1 aromatic rings. The zero-order chi connectivity index (χ0) is 11.3. The Morgan fingerprint density at radius 1 is 1.33 bits per heavy atom. The highest BCUT2D eigenvalue weighted by Gasteiger charge is 2.26. The Kier molecular flexibility index (Phi) is 4.82. The molecule has 0 saturated carbocycles. The van der Waals surface area contributed by atoms with Crippen LogP contribution < -0.4 is 5.32 Å². The van der Waals surface area contributed by atoms with E-state index in [1.807, 2.05) is 24.3 Å². The zero-order valence-electron chi connectivity index (χ0n) is 9.09. The number of benzene rings is 1. The van der Waals surface area contributed by atoms with Crippen LogP contribution in [0.15, 0.2) is 28.7 Å². The molecule has 82 valence electrons. The maximum atomic E-state index is 10.6. The highest BCUT2D eigenvalue weighted by Crippen LogP contribution is 2.24. The lowest BCUT2D eigenvalue weighted by Gasteiger charge is -2.27. The number of carbonyl (C=O) groups is 1. The summed E-state index contributed by atoms with van der Waals surface area (Å²) in [5, 5.41) is 2.82. The third-order valence-corrected chi connectivity index (χ3v) is 2.53. The van der Waals surface area contributed by atoms with Gasteiger partial charge in [-0.2, -0.15) is 0 Å². The minimum absolute atomic E-state index is 0.142. The predicted octanol–water partition coefficient (Wildman–Crippen LogP) is 3.43. The monoisotopic (exact) mass is 269 g/mol. The van der Waals surface area contributed by atoms with Crippen molar-refractivity contribution in [3.63, 3.8) is 0 Å². The zero-order valence-corrected chi connectivity index (χ0v) is 10.7. The van der Waals surface area contributed by atoms with Gasteiger partial charge in [-0.05, 0) is 17.7 Å². The van der Waals surface area contributed by atoms with E-state index in [9.17, 15) is 4.79 Å². The first kappa shape index (κ1) is 12.2. The summed E-state index contributed by atoms with van der Waals surface area (Å²) in [6.45, 7) is 4.25. The molecule has 1 fully saturated rings. The third-order valence-electron chi connectivity index (χ3n) is 2.00. The second-order valence-electron chi connectivity index (χ2n) is 3.58. The molecule has 1 aromatic carbocycles. The van der Waals surface area contributed by atoms with Gasteiger partial charge in [-0.3, -0.25) is 4.79 Å². The lowest BCUT2D eigenvalue weighted by Crippen LogP contribution is -2.41. The van der Waals surface area contributed by atoms with Crippen molar-refractivity contribution >= 4 is 21.8 Å². The molecule has 2 rings (SSSR count). The number of β-lactam (4-membered cyclic amide) rings is 1. The van der Waals surface area contributed by atoms with Gasteiger partial charge >= 0.3 is 0 Å². The molecule has 1 N–H and O–H groups in total. The van der Waals surface area contributed by atoms with Crippen molar-refractivity contribution in [2.45, 2.75) is 32.7 Å². The maximum Gasteiger partial charge on any atom is 0.222 e. The molecule has 1 aliphatic rings. The molecule has 1 amide bonds. The smallest absolute Gasteiger partial charge is 0.222 e. The number of carbonyl (C=O) groups excluding carboxylic acids is 1. The van der Waals surface area contributed by atoms with Crippen molar-refractivity contribution in [2.75, 3.05) is 0 Å². The lowest BCUT2D eigenvalue weighted by atomic mass is 9.98. The predicted molar refractivity (Wildman–Crippen MR) is 65.6 cm³/mol. The van der Waals surface area contributed by atoms with E-state index in [4.69, 9.17) is 0 Å². The fourth-order valence-electron chi connectivity index (χ4n) is 1.25. The van der Waals surface area contributed by atoms with E-state index in [1.54, 1.807) is 0 Å². The fraction of sp³-hybridized carbons (Fsp3) is 0.417. The van der Waals surface area contributed by atoms with Gasteiger partial charge in [0.05, 0.1) is 12.5 Å². The summed E-state index contributed by atoms with van der Waals surface area (Å²) in [6.07, 6.45) is 1.88. The Bertz CT molecular complexity index is 313. The quantitative estimate of drug-likeness (QED) is 0.778. The van der Waals surface area contributed by atoms with Crippen molar-refractivity contribution in [3.8, 4) is 0 Å². The molecule has 0 aliphatic carbocycles. The molecular weight excluding hydrogens is 254 g/mol. The number of amides is 1. The first-order valence-corrected chi connectivity index (χ1v) is 6.01. The molecule has 0 radical (unpaired) electrons. The lowest BCUT2D eigenvalue weighted by molar-refractivity contribution is -0.128. The highest BCUT2D eigenvalue weighted by molar-refractivity contribution is 9.10. The summed E-state index contributed by atoms with van der Waals surface area (Å²) in [6, 6.07) is 8.26. The summed E-state index contributed by atoms with van der Waals surface area (Å²) in [7, 11) is 0. The van der Waals surface area contributed by atoms with Crippen LogP contribution in [-0.4, -0.2) is 5.91 Å². The van der Waals surface area contributed by atoms with Crippen molar-refractivity contribution in [1.82, 2.24) is 5.32 Å². The van der Waals surface area contributed by atoms with Crippen LogP contribution in [0.2, 0.25) is 0 Å². The van der Waals surface area contributed by atoms with Crippen LogP contribution >= 0.6 is 15.9 Å². The molecule has 0 bridgehead atoms. The average Bonchev–Trinajstić information content (AvgIpc) is 2.16. The Morgan fingerprint density at radius 3 is 2.20 bits per heavy atom. The number of hydrogen-bond acceptors (Lipinski definition) is 1. The molecular formula is C12H16BrNO. The topological polar surface area (TPSA) is 29.1 Å². The molecule has 1 heterocycles. The molecule has 1 unspecified atom stereocenters. The van der Waals surface area contributed by atoms with Crippen LogP contribution in [0, 0.1) is 0 Å². The molecule has 0 aromatic heterocycles. The summed E-state index contributed by atoms with van der Waals surface area (Å²) in [4.78, 5) is 10.6. The van der Waals surface area contributed by atoms with Gasteiger partial charge in [0.2, 0.25) is 5.91 Å². The number of nitrogens with one attached hydrogen (secondary N) is 1. The first-order chi connectivity index (χ1) is 7.17. The highest BCUT2D eigenvalue weighted by atomic mass is 79.9. The summed E-state index contributed by atoms with van der Waals surface area (Å²) in [5.74, 6) is 0.142. The fourth-order valence-corrected chi connectivity index (χ4v) is 1.52. The minimum Gasteiger partial charge on any atom is -0.349 e. The summed E-state index contributed by atoms with van der Waals surface area (Å²) >= 11 is 3.36. The third kappa shape index (κ3) is 3.67. The van der Waals surface area contributed by atoms with Crippen molar-refractivity contribution < 1.29 is 4.79 Å². The molecule has 1 saturated heterocycles. The Morgan fingerprint density at radius 2 is 1.80 bits per heavy atom. The minimum atomic E-state index is 0.142. The number of rotatable bonds is 1. The van der Waals surface area contributed by atoms with Crippen LogP contribution in [0.4, 0.5) is 0 Å². The van der Waals surface area contributed by atoms with Crippen LogP contribution in [0.3, 0.4) is 0 Å². The molecule has 3 heteroatoms. The summed E-state index contributed by atoms with van der Waals surface area (Å²) in [5.41, 5.74) is 1.18. The van der Waals surface area contributed by atoms with E-state index in [2.05, 4.69) is 35.1 Å². The van der Waals surface area contributed by atoms with E-state index < -0.39 is 0 Å². The van der Waals surface area contributed by atoms with E-state index in [0.29, 0.717) is 6.42 Å². The van der Waals surface area contributed by atoms with Gasteiger partial charge in [-0.1, -0.05) is 48.3 Å². The van der Waals surface area contributed by atoms with E-state index in [0.717, 1.165) is 4.47 Å². The molecule has 2 nitrogen and oxygen atoms in total. The molecule has 15 heavy (non-hydrogen) atoms. The second kappa shape index (κ2) is 5.91. The Labute approximate surface area is 99.2 Å². The SMILES string of the molecule is CCC.O=C1CC(c2ccc(Br)cc2)N1. The van der Waals surface area contributed by atoms with Gasteiger partial charge in [0, 0.05) is 4.47 Å². The Hall–Kier alpha value is -0.830. The van der Waals surface area contributed by atoms with Gasteiger partial charge < -0.3 is 5.32 Å². The maximum absolute atomic E-state index is 10.6.